The van der Waals surface area contributed by atoms with Gasteiger partial charge in [0.2, 0.25) is 5.91 Å². The van der Waals surface area contributed by atoms with Crippen molar-refractivity contribution in [2.45, 2.75) is 58.2 Å². The second-order valence-corrected chi connectivity index (χ2v) is 7.69. The summed E-state index contributed by atoms with van der Waals surface area (Å²) >= 11 is 0. The van der Waals surface area contributed by atoms with Crippen molar-refractivity contribution in [2.75, 3.05) is 13.1 Å². The summed E-state index contributed by atoms with van der Waals surface area (Å²) < 4.78 is 1.85. The Kier molecular flexibility index (Phi) is 4.97. The van der Waals surface area contributed by atoms with Crippen molar-refractivity contribution in [3.63, 3.8) is 0 Å². The molecule has 2 aromatic heterocycles. The molecule has 1 amide bonds. The summed E-state index contributed by atoms with van der Waals surface area (Å²) in [6, 6.07) is 4.56. The molecule has 2 fully saturated rings. The summed E-state index contributed by atoms with van der Waals surface area (Å²) in [6.07, 6.45) is 5.76. The quantitative estimate of drug-likeness (QED) is 0.855. The van der Waals surface area contributed by atoms with Gasteiger partial charge in [-0.25, -0.2) is 0 Å². The van der Waals surface area contributed by atoms with Crippen molar-refractivity contribution >= 4 is 5.91 Å². The Bertz CT molecular complexity index is 817. The van der Waals surface area contributed by atoms with E-state index in [1.54, 1.807) is 0 Å². The largest absolute Gasteiger partial charge is 0.336 e. The fourth-order valence-electron chi connectivity index (χ4n) is 4.45. The van der Waals surface area contributed by atoms with Gasteiger partial charge in [-0.2, -0.15) is 5.10 Å². The normalized spacial score (nSPS) is 25.3. The van der Waals surface area contributed by atoms with Crippen LogP contribution in [0.1, 0.15) is 41.3 Å². The van der Waals surface area contributed by atoms with Crippen molar-refractivity contribution in [2.24, 2.45) is 0 Å². The lowest BCUT2D eigenvalue weighted by molar-refractivity contribution is -0.133. The molecule has 0 saturated carbocycles. The van der Waals surface area contributed by atoms with Crippen molar-refractivity contribution < 1.29 is 4.79 Å². The van der Waals surface area contributed by atoms with Gasteiger partial charge in [0.25, 0.3) is 0 Å². The van der Waals surface area contributed by atoms with Crippen molar-refractivity contribution in [1.29, 1.82) is 0 Å². The molecule has 0 spiro atoms. The number of hydrogen-bond acceptors (Lipinski definition) is 5. The number of carbonyl (C=O) groups excluding carboxylic acids is 1. The molecule has 3 atom stereocenters. The van der Waals surface area contributed by atoms with E-state index in [1.807, 2.05) is 30.9 Å². The monoisotopic (exact) mass is 368 g/mol. The Balaban J connectivity index is 1.51. The number of aryl methyl sites for hydroxylation is 1. The molecule has 0 bridgehead atoms. The number of hydrogen-bond donors (Lipinski definition) is 2. The zero-order valence-electron chi connectivity index (χ0n) is 16.3. The second-order valence-electron chi connectivity index (χ2n) is 7.69. The fourth-order valence-corrected chi connectivity index (χ4v) is 4.45. The predicted molar refractivity (Wildman–Crippen MR) is 103 cm³/mol. The average Bonchev–Trinajstić information content (AvgIpc) is 3.39. The van der Waals surface area contributed by atoms with Gasteiger partial charge in [0.1, 0.15) is 6.54 Å². The SMILES string of the molecule is Cc1nn(CC(=O)N2CCCC2C2NNCC2c2ccncc2)c(C)c1C. The number of pyridine rings is 1. The maximum atomic E-state index is 13.1. The zero-order valence-corrected chi connectivity index (χ0v) is 16.3. The van der Waals surface area contributed by atoms with Crippen molar-refractivity contribution in [1.82, 2.24) is 30.5 Å². The van der Waals surface area contributed by atoms with Crippen LogP contribution >= 0.6 is 0 Å². The Morgan fingerprint density at radius 3 is 2.74 bits per heavy atom. The standard InChI is InChI=1S/C20H28N6O/c1-13-14(2)24-26(15(13)3)12-19(27)25-10-4-5-18(25)20-17(11-22-23-20)16-6-8-21-9-7-16/h6-9,17-18,20,22-23H,4-5,10-12H2,1-3H3. The van der Waals surface area contributed by atoms with Crippen LogP contribution < -0.4 is 10.9 Å². The van der Waals surface area contributed by atoms with Crippen molar-refractivity contribution in [3.05, 3.63) is 47.0 Å². The third-order valence-corrected chi connectivity index (χ3v) is 6.22. The van der Waals surface area contributed by atoms with E-state index in [0.717, 1.165) is 37.3 Å². The van der Waals surface area contributed by atoms with Crippen LogP contribution in [0.2, 0.25) is 0 Å². The highest BCUT2D eigenvalue weighted by atomic mass is 16.2. The number of likely N-dealkylation sites (tertiary alicyclic amines) is 1. The number of amides is 1. The van der Waals surface area contributed by atoms with Crippen LogP contribution in [-0.4, -0.2) is 50.7 Å². The molecule has 0 aromatic carbocycles. The molecule has 2 aromatic rings. The van der Waals surface area contributed by atoms with Crippen LogP contribution in [0.15, 0.2) is 24.5 Å². The molecule has 2 aliphatic rings. The van der Waals surface area contributed by atoms with Gasteiger partial charge in [-0.05, 0) is 56.9 Å². The van der Waals surface area contributed by atoms with Gasteiger partial charge in [-0.1, -0.05) is 0 Å². The maximum absolute atomic E-state index is 13.1. The van der Waals surface area contributed by atoms with Crippen LogP contribution in [0.4, 0.5) is 0 Å². The lowest BCUT2D eigenvalue weighted by Crippen LogP contribution is -2.50. The van der Waals surface area contributed by atoms with Crippen LogP contribution in [0.5, 0.6) is 0 Å². The number of carbonyl (C=O) groups is 1. The van der Waals surface area contributed by atoms with Gasteiger partial charge in [-0.3, -0.25) is 25.3 Å². The molecular formula is C20H28N6O. The average molecular weight is 368 g/mol. The first-order chi connectivity index (χ1) is 13.1. The summed E-state index contributed by atoms with van der Waals surface area (Å²) in [4.78, 5) is 19.3. The van der Waals surface area contributed by atoms with E-state index in [0.29, 0.717) is 12.5 Å². The van der Waals surface area contributed by atoms with E-state index < -0.39 is 0 Å². The molecule has 4 heterocycles. The highest BCUT2D eigenvalue weighted by Crippen LogP contribution is 2.31. The summed E-state index contributed by atoms with van der Waals surface area (Å²) in [5.74, 6) is 0.493. The zero-order chi connectivity index (χ0) is 19.0. The van der Waals surface area contributed by atoms with Gasteiger partial charge in [0, 0.05) is 49.2 Å². The third-order valence-electron chi connectivity index (χ3n) is 6.22. The molecule has 0 radical (unpaired) electrons. The van der Waals surface area contributed by atoms with Gasteiger partial charge in [0.15, 0.2) is 0 Å². The first kappa shape index (κ1) is 18.1. The minimum absolute atomic E-state index is 0.158. The molecule has 144 valence electrons. The molecule has 0 aliphatic carbocycles. The Morgan fingerprint density at radius 1 is 1.26 bits per heavy atom. The van der Waals surface area contributed by atoms with E-state index in [2.05, 4.69) is 44.9 Å². The van der Waals surface area contributed by atoms with Gasteiger partial charge < -0.3 is 4.90 Å². The highest BCUT2D eigenvalue weighted by molar-refractivity contribution is 5.77. The topological polar surface area (TPSA) is 75.1 Å². The minimum atomic E-state index is 0.158. The van der Waals surface area contributed by atoms with E-state index in [-0.39, 0.29) is 18.0 Å². The predicted octanol–water partition coefficient (Wildman–Crippen LogP) is 1.45. The summed E-state index contributed by atoms with van der Waals surface area (Å²) in [5, 5.41) is 4.54. The molecule has 2 N–H and O–H groups in total. The lowest BCUT2D eigenvalue weighted by Gasteiger charge is -2.32. The number of aromatic nitrogens is 3. The summed E-state index contributed by atoms with van der Waals surface area (Å²) in [6.45, 7) is 8.09. The van der Waals surface area contributed by atoms with Gasteiger partial charge in [-0.15, -0.1) is 0 Å². The fraction of sp³-hybridized carbons (Fsp3) is 0.550. The molecule has 3 unspecified atom stereocenters. The molecule has 2 aliphatic heterocycles. The Labute approximate surface area is 160 Å². The number of rotatable bonds is 4. The molecule has 4 rings (SSSR count). The van der Waals surface area contributed by atoms with Gasteiger partial charge >= 0.3 is 0 Å². The number of nitrogens with one attached hydrogen (secondary N) is 2. The molecule has 27 heavy (non-hydrogen) atoms. The van der Waals surface area contributed by atoms with E-state index in [4.69, 9.17) is 0 Å². The third kappa shape index (κ3) is 3.37. The van der Waals surface area contributed by atoms with E-state index >= 15 is 0 Å². The Hall–Kier alpha value is -2.25. The lowest BCUT2D eigenvalue weighted by atomic mass is 9.88. The number of nitrogens with zero attached hydrogens (tertiary/aromatic N) is 4. The Morgan fingerprint density at radius 2 is 2.04 bits per heavy atom. The maximum Gasteiger partial charge on any atom is 0.244 e. The smallest absolute Gasteiger partial charge is 0.244 e. The summed E-state index contributed by atoms with van der Waals surface area (Å²) in [7, 11) is 0. The minimum Gasteiger partial charge on any atom is -0.336 e. The van der Waals surface area contributed by atoms with E-state index in [9.17, 15) is 4.79 Å². The van der Waals surface area contributed by atoms with Crippen LogP contribution in [0, 0.1) is 20.8 Å². The highest BCUT2D eigenvalue weighted by Gasteiger charge is 2.41. The second kappa shape index (κ2) is 7.40. The molecule has 7 heteroatoms. The molecule has 7 nitrogen and oxygen atoms in total. The van der Waals surface area contributed by atoms with E-state index in [1.165, 1.54) is 11.1 Å². The first-order valence-electron chi connectivity index (χ1n) is 9.74. The van der Waals surface area contributed by atoms with Gasteiger partial charge in [0.05, 0.1) is 5.69 Å². The summed E-state index contributed by atoms with van der Waals surface area (Å²) in [5.41, 5.74) is 11.2. The first-order valence-corrected chi connectivity index (χ1v) is 9.74. The molecule has 2 saturated heterocycles. The van der Waals surface area contributed by atoms with Crippen molar-refractivity contribution in [3.8, 4) is 0 Å². The number of hydrazine groups is 1. The molecular weight excluding hydrogens is 340 g/mol. The van der Waals surface area contributed by atoms with Crippen LogP contribution in [0.3, 0.4) is 0 Å². The van der Waals surface area contributed by atoms with Crippen LogP contribution in [-0.2, 0) is 11.3 Å². The van der Waals surface area contributed by atoms with Crippen LogP contribution in [0.25, 0.3) is 0 Å².